The minimum absolute atomic E-state index is 0.0974. The molecule has 0 aromatic carbocycles. The lowest BCUT2D eigenvalue weighted by molar-refractivity contribution is 0.168. The fraction of sp³-hybridized carbons (Fsp3) is 1.00. The van der Waals surface area contributed by atoms with Crippen molar-refractivity contribution in [3.63, 3.8) is 0 Å². The van der Waals surface area contributed by atoms with Gasteiger partial charge in [0, 0.05) is 26.2 Å². The van der Waals surface area contributed by atoms with Crippen molar-refractivity contribution in [2.75, 3.05) is 39.6 Å². The molecule has 1 heterocycles. The number of methoxy groups -OCH3 is 1. The molecule has 1 atom stereocenters. The Balaban J connectivity index is 2.61. The molecule has 1 aliphatic heterocycles. The highest BCUT2D eigenvalue weighted by atomic mass is 32.2. The SMILES string of the molecule is COCCN(C1CCNC1)S(C)(=O)=O. The first-order valence-corrected chi connectivity index (χ1v) is 6.57. The maximum absolute atomic E-state index is 11.5. The standard InChI is InChI=1S/C8H18N2O3S/c1-13-6-5-10(14(2,11)12)8-3-4-9-7-8/h8-9H,3-7H2,1-2H3. The van der Waals surface area contributed by atoms with E-state index < -0.39 is 10.0 Å². The fourth-order valence-corrected chi connectivity index (χ4v) is 2.81. The van der Waals surface area contributed by atoms with Crippen molar-refractivity contribution < 1.29 is 13.2 Å². The Hall–Kier alpha value is -0.170. The molecular weight excluding hydrogens is 204 g/mol. The van der Waals surface area contributed by atoms with Gasteiger partial charge in [0.2, 0.25) is 10.0 Å². The van der Waals surface area contributed by atoms with Crippen LogP contribution in [0.5, 0.6) is 0 Å². The van der Waals surface area contributed by atoms with Gasteiger partial charge < -0.3 is 10.1 Å². The zero-order chi connectivity index (χ0) is 10.6. The van der Waals surface area contributed by atoms with Crippen molar-refractivity contribution >= 4 is 10.0 Å². The first-order valence-electron chi connectivity index (χ1n) is 4.72. The van der Waals surface area contributed by atoms with Crippen LogP contribution in [0.4, 0.5) is 0 Å². The lowest BCUT2D eigenvalue weighted by Crippen LogP contribution is -2.42. The molecule has 14 heavy (non-hydrogen) atoms. The molecule has 1 unspecified atom stereocenters. The zero-order valence-corrected chi connectivity index (χ0v) is 9.51. The number of sulfonamides is 1. The van der Waals surface area contributed by atoms with E-state index >= 15 is 0 Å². The molecular formula is C8H18N2O3S. The van der Waals surface area contributed by atoms with Crippen LogP contribution in [0.15, 0.2) is 0 Å². The Morgan fingerprint density at radius 2 is 2.29 bits per heavy atom. The number of nitrogens with zero attached hydrogens (tertiary/aromatic N) is 1. The highest BCUT2D eigenvalue weighted by Crippen LogP contribution is 2.11. The normalized spacial score (nSPS) is 23.2. The van der Waals surface area contributed by atoms with Gasteiger partial charge in [-0.2, -0.15) is 4.31 Å². The van der Waals surface area contributed by atoms with Crippen molar-refractivity contribution in [2.45, 2.75) is 12.5 Å². The zero-order valence-electron chi connectivity index (χ0n) is 8.69. The summed E-state index contributed by atoms with van der Waals surface area (Å²) < 4.78 is 29.4. The van der Waals surface area contributed by atoms with Crippen LogP contribution in [-0.4, -0.2) is 58.4 Å². The third kappa shape index (κ3) is 3.20. The molecule has 0 aromatic rings. The molecule has 0 amide bonds. The summed E-state index contributed by atoms with van der Waals surface area (Å²) in [7, 11) is -1.53. The van der Waals surface area contributed by atoms with Gasteiger partial charge in [-0.1, -0.05) is 0 Å². The molecule has 1 rings (SSSR count). The summed E-state index contributed by atoms with van der Waals surface area (Å²) in [5.41, 5.74) is 0. The number of rotatable bonds is 5. The molecule has 0 saturated carbocycles. The maximum Gasteiger partial charge on any atom is 0.211 e. The summed E-state index contributed by atoms with van der Waals surface area (Å²) in [6, 6.07) is 0.0974. The van der Waals surface area contributed by atoms with E-state index in [0.717, 1.165) is 19.5 Å². The Morgan fingerprint density at radius 1 is 1.57 bits per heavy atom. The van der Waals surface area contributed by atoms with Crippen LogP contribution in [0.3, 0.4) is 0 Å². The topological polar surface area (TPSA) is 58.6 Å². The second-order valence-electron chi connectivity index (χ2n) is 3.51. The smallest absolute Gasteiger partial charge is 0.211 e. The first-order chi connectivity index (χ1) is 6.55. The van der Waals surface area contributed by atoms with Crippen molar-refractivity contribution in [3.8, 4) is 0 Å². The molecule has 0 aliphatic carbocycles. The second-order valence-corrected chi connectivity index (χ2v) is 5.45. The van der Waals surface area contributed by atoms with Gasteiger partial charge in [0.25, 0.3) is 0 Å². The molecule has 1 aliphatic rings. The van der Waals surface area contributed by atoms with Crippen LogP contribution in [0.25, 0.3) is 0 Å². The van der Waals surface area contributed by atoms with E-state index in [2.05, 4.69) is 5.32 Å². The summed E-state index contributed by atoms with van der Waals surface area (Å²) >= 11 is 0. The van der Waals surface area contributed by atoms with Gasteiger partial charge in [0.05, 0.1) is 12.9 Å². The molecule has 1 saturated heterocycles. The van der Waals surface area contributed by atoms with E-state index in [9.17, 15) is 8.42 Å². The highest BCUT2D eigenvalue weighted by molar-refractivity contribution is 7.88. The molecule has 0 radical (unpaired) electrons. The molecule has 1 N–H and O–H groups in total. The Kier molecular flexibility index (Phi) is 4.31. The number of ether oxygens (including phenoxy) is 1. The molecule has 84 valence electrons. The van der Waals surface area contributed by atoms with E-state index in [0.29, 0.717) is 13.2 Å². The molecule has 5 nitrogen and oxygen atoms in total. The van der Waals surface area contributed by atoms with E-state index in [-0.39, 0.29) is 6.04 Å². The van der Waals surface area contributed by atoms with Crippen molar-refractivity contribution in [1.82, 2.24) is 9.62 Å². The third-order valence-electron chi connectivity index (χ3n) is 2.38. The average molecular weight is 222 g/mol. The fourth-order valence-electron chi connectivity index (χ4n) is 1.69. The minimum atomic E-state index is -3.11. The second kappa shape index (κ2) is 5.06. The van der Waals surface area contributed by atoms with E-state index in [1.54, 1.807) is 7.11 Å². The van der Waals surface area contributed by atoms with E-state index in [1.165, 1.54) is 10.6 Å². The molecule has 1 fully saturated rings. The van der Waals surface area contributed by atoms with Gasteiger partial charge in [-0.3, -0.25) is 0 Å². The van der Waals surface area contributed by atoms with Gasteiger partial charge in [-0.05, 0) is 13.0 Å². The predicted octanol–water partition coefficient (Wildman–Crippen LogP) is -0.744. The van der Waals surface area contributed by atoms with Crippen molar-refractivity contribution in [2.24, 2.45) is 0 Å². The van der Waals surface area contributed by atoms with Crippen LogP contribution in [0, 0.1) is 0 Å². The largest absolute Gasteiger partial charge is 0.383 e. The Bertz CT molecular complexity index is 260. The monoisotopic (exact) mass is 222 g/mol. The summed E-state index contributed by atoms with van der Waals surface area (Å²) in [5, 5.41) is 3.15. The van der Waals surface area contributed by atoms with Gasteiger partial charge >= 0.3 is 0 Å². The molecule has 0 spiro atoms. The maximum atomic E-state index is 11.5. The molecule has 6 heteroatoms. The van der Waals surface area contributed by atoms with Crippen LogP contribution < -0.4 is 5.32 Å². The van der Waals surface area contributed by atoms with Gasteiger partial charge in [0.1, 0.15) is 0 Å². The van der Waals surface area contributed by atoms with Crippen LogP contribution in [0.2, 0.25) is 0 Å². The van der Waals surface area contributed by atoms with Crippen LogP contribution in [0.1, 0.15) is 6.42 Å². The molecule has 0 aromatic heterocycles. The summed E-state index contributed by atoms with van der Waals surface area (Å²) in [6.45, 7) is 2.53. The third-order valence-corrected chi connectivity index (χ3v) is 3.72. The lowest BCUT2D eigenvalue weighted by Gasteiger charge is -2.25. The van der Waals surface area contributed by atoms with E-state index in [4.69, 9.17) is 4.74 Å². The summed E-state index contributed by atoms with van der Waals surface area (Å²) in [4.78, 5) is 0. The van der Waals surface area contributed by atoms with Gasteiger partial charge in [0.15, 0.2) is 0 Å². The first kappa shape index (κ1) is 11.9. The quantitative estimate of drug-likeness (QED) is 0.665. The molecule has 0 bridgehead atoms. The Morgan fingerprint density at radius 3 is 2.71 bits per heavy atom. The number of hydrogen-bond acceptors (Lipinski definition) is 4. The van der Waals surface area contributed by atoms with Crippen molar-refractivity contribution in [3.05, 3.63) is 0 Å². The van der Waals surface area contributed by atoms with E-state index in [1.807, 2.05) is 0 Å². The van der Waals surface area contributed by atoms with Crippen LogP contribution >= 0.6 is 0 Å². The average Bonchev–Trinajstić information content (AvgIpc) is 2.55. The van der Waals surface area contributed by atoms with Gasteiger partial charge in [-0.15, -0.1) is 0 Å². The highest BCUT2D eigenvalue weighted by Gasteiger charge is 2.28. The lowest BCUT2D eigenvalue weighted by atomic mass is 10.2. The number of hydrogen-bond donors (Lipinski definition) is 1. The van der Waals surface area contributed by atoms with Crippen molar-refractivity contribution in [1.29, 1.82) is 0 Å². The predicted molar refractivity (Wildman–Crippen MR) is 54.7 cm³/mol. The minimum Gasteiger partial charge on any atom is -0.383 e. The summed E-state index contributed by atoms with van der Waals surface area (Å²) in [6.07, 6.45) is 2.14. The van der Waals surface area contributed by atoms with Gasteiger partial charge in [-0.25, -0.2) is 8.42 Å². The Labute approximate surface area is 85.5 Å². The summed E-state index contributed by atoms with van der Waals surface area (Å²) in [5.74, 6) is 0. The number of nitrogens with one attached hydrogen (secondary N) is 1. The van der Waals surface area contributed by atoms with Crippen LogP contribution in [-0.2, 0) is 14.8 Å².